The fourth-order valence-corrected chi connectivity index (χ4v) is 7.36. The molecular formula is C56H82N10O19. The molecule has 0 bridgehead atoms. The lowest BCUT2D eigenvalue weighted by atomic mass is 10.1. The van der Waals surface area contributed by atoms with E-state index in [1.807, 2.05) is 32.6 Å². The van der Waals surface area contributed by atoms with Crippen LogP contribution < -0.4 is 31.3 Å². The van der Waals surface area contributed by atoms with Crippen molar-refractivity contribution in [2.45, 2.75) is 53.2 Å². The van der Waals surface area contributed by atoms with Gasteiger partial charge in [0.15, 0.2) is 6.61 Å². The SMILES string of the molecule is CCN(C)CC(=O)OC(OC(=O)CN(C)CC)OC(=O)CN(CC)CCN(CC)CC(=O)NCCOCCOCCOCC(=O)NCc1cccc(C(=O)NCC(=O)N[C@@H](Cc2ccc(OCC(=O)NCCN3C(=O)C=CC3=O)cc2)C(=O)O)c1. The Balaban J connectivity index is 1.23. The summed E-state index contributed by atoms with van der Waals surface area (Å²) in [7, 11) is 3.41. The summed E-state index contributed by atoms with van der Waals surface area (Å²) in [4.78, 5) is 144. The summed E-state index contributed by atoms with van der Waals surface area (Å²) in [6, 6.07) is 11.2. The zero-order valence-corrected chi connectivity index (χ0v) is 49.2. The minimum Gasteiger partial charge on any atom is -0.484 e. The van der Waals surface area contributed by atoms with Gasteiger partial charge in [-0.05, 0) is 75.7 Å². The quantitative estimate of drug-likeness (QED) is 0.0179. The summed E-state index contributed by atoms with van der Waals surface area (Å²) in [5.74, 6) is -6.62. The minimum atomic E-state index is -1.84. The third-order valence-corrected chi connectivity index (χ3v) is 12.5. The summed E-state index contributed by atoms with van der Waals surface area (Å²) < 4.78 is 37.5. The number of hydrogen-bond acceptors (Lipinski definition) is 22. The molecule has 7 amide bonds. The summed E-state index contributed by atoms with van der Waals surface area (Å²) in [6.45, 7) is 8.65. The summed E-state index contributed by atoms with van der Waals surface area (Å²) >= 11 is 0. The number of nitrogens with zero attached hydrogens (tertiary/aromatic N) is 5. The first-order valence-electron chi connectivity index (χ1n) is 27.8. The molecule has 2 aromatic rings. The Labute approximate surface area is 494 Å². The molecule has 1 heterocycles. The van der Waals surface area contributed by atoms with Crippen LogP contribution >= 0.6 is 0 Å². The smallest absolute Gasteiger partial charge is 0.412 e. The third kappa shape index (κ3) is 30.5. The van der Waals surface area contributed by atoms with Gasteiger partial charge in [0, 0.05) is 63.4 Å². The predicted molar refractivity (Wildman–Crippen MR) is 303 cm³/mol. The van der Waals surface area contributed by atoms with E-state index in [4.69, 9.17) is 33.2 Å². The maximum Gasteiger partial charge on any atom is 0.412 e. The molecule has 0 radical (unpaired) electrons. The largest absolute Gasteiger partial charge is 0.484 e. The number of aliphatic carboxylic acids is 1. The number of carboxylic acids is 1. The zero-order chi connectivity index (χ0) is 62.5. The highest BCUT2D eigenvalue weighted by Gasteiger charge is 2.27. The number of ether oxygens (including phenoxy) is 7. The van der Waals surface area contributed by atoms with Crippen molar-refractivity contribution >= 4 is 65.2 Å². The highest BCUT2D eigenvalue weighted by molar-refractivity contribution is 6.12. The van der Waals surface area contributed by atoms with Crippen LogP contribution in [0.25, 0.3) is 0 Å². The second-order valence-corrected chi connectivity index (χ2v) is 19.1. The van der Waals surface area contributed by atoms with Gasteiger partial charge in [0.1, 0.15) is 18.4 Å². The van der Waals surface area contributed by atoms with Gasteiger partial charge in [0.25, 0.3) is 23.6 Å². The average molecular weight is 1200 g/mol. The van der Waals surface area contributed by atoms with Crippen LogP contribution in [0.5, 0.6) is 5.75 Å². The van der Waals surface area contributed by atoms with Crippen LogP contribution in [-0.2, 0) is 89.3 Å². The van der Waals surface area contributed by atoms with E-state index in [-0.39, 0.29) is 116 Å². The first-order valence-corrected chi connectivity index (χ1v) is 27.8. The van der Waals surface area contributed by atoms with Crippen molar-refractivity contribution in [2.24, 2.45) is 0 Å². The zero-order valence-electron chi connectivity index (χ0n) is 49.2. The standard InChI is InChI=1S/C56H82N10O19/c1-7-62(5)35-51(73)83-56(84-52(74)36-63(6)8-2)85-53(75)37-65(10-4)24-23-64(9-3)34-46(68)58-21-25-79-26-27-80-28-29-81-38-47(69)59-32-41-12-11-13-42(30-41)54(76)60-33-45(67)61-44(55(77)78)31-40-14-16-43(17-15-40)82-39-48(70)57-20-22-66-49(71)18-19-50(66)72/h11-19,30,44,56H,7-10,20-29,31-39H2,1-6H3,(H,57,70)(H,58,68)(H,59,69)(H,60,76)(H,61,67)(H,77,78)/t44-/m0/s1. The number of benzene rings is 2. The van der Waals surface area contributed by atoms with Crippen LogP contribution in [0.2, 0.25) is 0 Å². The van der Waals surface area contributed by atoms with Gasteiger partial charge in [-0.3, -0.25) is 72.4 Å². The third-order valence-electron chi connectivity index (χ3n) is 12.5. The maximum atomic E-state index is 12.9. The molecule has 2 aromatic carbocycles. The highest BCUT2D eigenvalue weighted by atomic mass is 16.9. The van der Waals surface area contributed by atoms with Crippen LogP contribution in [0.3, 0.4) is 0 Å². The van der Waals surface area contributed by atoms with E-state index in [9.17, 15) is 57.8 Å². The molecule has 29 heteroatoms. The predicted octanol–water partition coefficient (Wildman–Crippen LogP) is -2.11. The number of esters is 3. The van der Waals surface area contributed by atoms with Crippen LogP contribution in [0.15, 0.2) is 60.7 Å². The van der Waals surface area contributed by atoms with E-state index < -0.39 is 78.4 Å². The number of likely N-dealkylation sites (N-methyl/N-ethyl adjacent to an activating group) is 4. The Bertz CT molecular complexity index is 2490. The lowest BCUT2D eigenvalue weighted by molar-refractivity contribution is -0.258. The van der Waals surface area contributed by atoms with Crippen LogP contribution in [0.4, 0.5) is 0 Å². The fourth-order valence-electron chi connectivity index (χ4n) is 7.36. The summed E-state index contributed by atoms with van der Waals surface area (Å²) in [5.41, 5.74) is 1.31. The maximum absolute atomic E-state index is 12.9. The topological polar surface area (TPSA) is 349 Å². The summed E-state index contributed by atoms with van der Waals surface area (Å²) in [5, 5.41) is 22.7. The summed E-state index contributed by atoms with van der Waals surface area (Å²) in [6.07, 6.45) is 2.19. The lowest BCUT2D eigenvalue weighted by Crippen LogP contribution is -2.46. The van der Waals surface area contributed by atoms with E-state index in [1.165, 1.54) is 24.3 Å². The first-order chi connectivity index (χ1) is 40.7. The molecule has 1 atom stereocenters. The normalized spacial score (nSPS) is 12.4. The van der Waals surface area contributed by atoms with Crippen molar-refractivity contribution in [3.05, 3.63) is 77.4 Å². The molecule has 0 fully saturated rings. The molecule has 0 unspecified atom stereocenters. The van der Waals surface area contributed by atoms with Crippen molar-refractivity contribution < 1.29 is 91.0 Å². The molecule has 0 aliphatic carbocycles. The number of amides is 7. The molecular weight excluding hydrogens is 1120 g/mol. The van der Waals surface area contributed by atoms with Crippen LogP contribution in [0, 0.1) is 0 Å². The van der Waals surface area contributed by atoms with Gasteiger partial charge in [0.05, 0.1) is 65.8 Å². The van der Waals surface area contributed by atoms with Gasteiger partial charge in [-0.25, -0.2) is 4.79 Å². The fraction of sp³-hybridized carbons (Fsp3) is 0.554. The monoisotopic (exact) mass is 1200 g/mol. The van der Waals surface area contributed by atoms with Crippen molar-refractivity contribution in [1.82, 2.24) is 51.1 Å². The number of carbonyl (C=O) groups is 11. The van der Waals surface area contributed by atoms with E-state index in [0.29, 0.717) is 56.1 Å². The van der Waals surface area contributed by atoms with Gasteiger partial charge in [-0.15, -0.1) is 0 Å². The molecule has 29 nitrogen and oxygen atoms in total. The van der Waals surface area contributed by atoms with Crippen LogP contribution in [0.1, 0.15) is 49.2 Å². The van der Waals surface area contributed by atoms with Crippen LogP contribution in [-0.4, -0.2) is 259 Å². The molecule has 470 valence electrons. The van der Waals surface area contributed by atoms with E-state index >= 15 is 0 Å². The lowest BCUT2D eigenvalue weighted by Gasteiger charge is -2.26. The number of carbonyl (C=O) groups excluding carboxylic acids is 10. The number of nitrogens with one attached hydrogen (secondary N) is 5. The molecule has 0 aromatic heterocycles. The average Bonchev–Trinajstić information content (AvgIpc) is 4.11. The molecule has 0 saturated heterocycles. The second-order valence-electron chi connectivity index (χ2n) is 19.1. The van der Waals surface area contributed by atoms with E-state index in [2.05, 4.69) is 26.6 Å². The van der Waals surface area contributed by atoms with Crippen molar-refractivity contribution in [3.8, 4) is 5.75 Å². The van der Waals surface area contributed by atoms with Gasteiger partial charge >= 0.3 is 30.4 Å². The molecule has 85 heavy (non-hydrogen) atoms. The Morgan fingerprint density at radius 2 is 1.13 bits per heavy atom. The van der Waals surface area contributed by atoms with Crippen molar-refractivity contribution in [1.29, 1.82) is 0 Å². The molecule has 3 rings (SSSR count). The minimum absolute atomic E-state index is 0.00951. The molecule has 6 N–H and O–H groups in total. The number of imide groups is 1. The van der Waals surface area contributed by atoms with Gasteiger partial charge in [0.2, 0.25) is 17.7 Å². The van der Waals surface area contributed by atoms with Gasteiger partial charge < -0.3 is 64.8 Å². The molecule has 0 spiro atoms. The van der Waals surface area contributed by atoms with Crippen molar-refractivity contribution in [3.63, 3.8) is 0 Å². The van der Waals surface area contributed by atoms with E-state index in [1.54, 1.807) is 53.1 Å². The first kappa shape index (κ1) is 71.3. The molecule has 0 saturated carbocycles. The van der Waals surface area contributed by atoms with Gasteiger partial charge in [-0.1, -0.05) is 52.0 Å². The number of rotatable bonds is 44. The number of carboxylic acid groups (broad SMARTS) is 1. The Hall–Kier alpha value is -7.93. The molecule has 1 aliphatic rings. The highest BCUT2D eigenvalue weighted by Crippen LogP contribution is 2.14. The Morgan fingerprint density at radius 3 is 1.72 bits per heavy atom. The van der Waals surface area contributed by atoms with Crippen molar-refractivity contribution in [2.75, 3.05) is 152 Å². The van der Waals surface area contributed by atoms with E-state index in [0.717, 1.165) is 17.1 Å². The Kier molecular flexibility index (Phi) is 33.9. The van der Waals surface area contributed by atoms with Gasteiger partial charge in [-0.2, -0.15) is 0 Å². The Morgan fingerprint density at radius 1 is 0.576 bits per heavy atom. The molecule has 1 aliphatic heterocycles. The number of hydrogen-bond donors (Lipinski definition) is 6. The second kappa shape index (κ2) is 40.4.